The number of hydrogen-bond donors (Lipinski definition) is 1. The maximum atomic E-state index is 11.2. The second-order valence-electron chi connectivity index (χ2n) is 4.00. The Hall–Kier alpha value is -1.89. The van der Waals surface area contributed by atoms with Gasteiger partial charge in [0.05, 0.1) is 21.0 Å². The van der Waals surface area contributed by atoms with Gasteiger partial charge in [0.25, 0.3) is 5.89 Å². The van der Waals surface area contributed by atoms with Crippen molar-refractivity contribution >= 4 is 40.5 Å². The molecule has 0 amide bonds. The summed E-state index contributed by atoms with van der Waals surface area (Å²) in [5.74, 6) is -0.762. The summed E-state index contributed by atoms with van der Waals surface area (Å²) in [7, 11) is 0. The van der Waals surface area contributed by atoms with Crippen molar-refractivity contribution in [1.29, 1.82) is 0 Å². The molecule has 0 atom stereocenters. The first-order valence-corrected chi connectivity index (χ1v) is 7.25. The highest BCUT2D eigenvalue weighted by molar-refractivity contribution is 7.20. The first-order valence-electron chi connectivity index (χ1n) is 5.67. The predicted octanol–water partition coefficient (Wildman–Crippen LogP) is 4.47. The van der Waals surface area contributed by atoms with Gasteiger partial charge in [-0.05, 0) is 18.2 Å². The highest BCUT2D eigenvalue weighted by Gasteiger charge is 2.19. The molecule has 0 fully saturated rings. The van der Waals surface area contributed by atoms with Crippen LogP contribution in [0.5, 0.6) is 0 Å². The van der Waals surface area contributed by atoms with Crippen molar-refractivity contribution in [2.75, 3.05) is 0 Å². The normalized spacial score (nSPS) is 10.8. The Labute approximate surface area is 132 Å². The average molecular weight is 341 g/mol. The van der Waals surface area contributed by atoms with Crippen LogP contribution < -0.4 is 0 Å². The van der Waals surface area contributed by atoms with Crippen LogP contribution in [0.1, 0.15) is 10.4 Å². The van der Waals surface area contributed by atoms with Crippen LogP contribution in [0.4, 0.5) is 0 Å². The molecule has 5 nitrogen and oxygen atoms in total. The second kappa shape index (κ2) is 5.48. The fourth-order valence-corrected chi connectivity index (χ4v) is 3.23. The number of carboxylic acids is 1. The number of nitrogens with zero attached hydrogens (tertiary/aromatic N) is 2. The molecule has 1 aromatic carbocycles. The maximum Gasteiger partial charge on any atom is 0.336 e. The van der Waals surface area contributed by atoms with Gasteiger partial charge >= 0.3 is 5.97 Å². The Morgan fingerprint density at radius 3 is 2.43 bits per heavy atom. The zero-order valence-corrected chi connectivity index (χ0v) is 12.5. The van der Waals surface area contributed by atoms with Gasteiger partial charge in [-0.15, -0.1) is 21.5 Å². The molecule has 0 aliphatic heterocycles. The molecule has 8 heteroatoms. The number of carboxylic acid groups (broad SMARTS) is 1. The summed E-state index contributed by atoms with van der Waals surface area (Å²) in [4.78, 5) is 11.2. The molecule has 2 heterocycles. The first-order chi connectivity index (χ1) is 10.1. The van der Waals surface area contributed by atoms with Gasteiger partial charge in [0.15, 0.2) is 0 Å². The summed E-state index contributed by atoms with van der Waals surface area (Å²) in [5, 5.41) is 16.9. The number of aromatic nitrogens is 2. The van der Waals surface area contributed by atoms with Crippen molar-refractivity contribution in [1.82, 2.24) is 10.2 Å². The van der Waals surface area contributed by atoms with Gasteiger partial charge < -0.3 is 9.52 Å². The lowest BCUT2D eigenvalue weighted by Gasteiger charge is -1.99. The Balaban J connectivity index is 2.07. The molecule has 2 aromatic heterocycles. The zero-order valence-electron chi connectivity index (χ0n) is 10.2. The van der Waals surface area contributed by atoms with E-state index in [9.17, 15) is 9.90 Å². The van der Waals surface area contributed by atoms with Crippen molar-refractivity contribution in [2.45, 2.75) is 0 Å². The van der Waals surface area contributed by atoms with Crippen LogP contribution in [-0.4, -0.2) is 21.3 Å². The minimum absolute atomic E-state index is 0.0853. The van der Waals surface area contributed by atoms with Crippen LogP contribution in [0.15, 0.2) is 34.7 Å². The van der Waals surface area contributed by atoms with E-state index in [1.54, 1.807) is 24.3 Å². The van der Waals surface area contributed by atoms with Crippen LogP contribution in [0.25, 0.3) is 22.9 Å². The van der Waals surface area contributed by atoms with Crippen LogP contribution in [0, 0.1) is 0 Å². The Bertz CT molecular complexity index is 828. The summed E-state index contributed by atoms with van der Waals surface area (Å²) in [6.45, 7) is 0. The van der Waals surface area contributed by atoms with Crippen LogP contribution >= 0.6 is 34.5 Å². The number of carbonyl (C=O) groups is 1. The third-order valence-corrected chi connectivity index (χ3v) is 4.19. The summed E-state index contributed by atoms with van der Waals surface area (Å²) in [5.41, 5.74) is 0.960. The molecule has 0 aliphatic rings. The van der Waals surface area contributed by atoms with E-state index in [1.165, 1.54) is 17.4 Å². The topological polar surface area (TPSA) is 76.2 Å². The van der Waals surface area contributed by atoms with Gasteiger partial charge in [0, 0.05) is 0 Å². The third kappa shape index (κ3) is 2.65. The molecule has 21 heavy (non-hydrogen) atoms. The lowest BCUT2D eigenvalue weighted by molar-refractivity contribution is 0.0697. The molecule has 0 radical (unpaired) electrons. The minimum Gasteiger partial charge on any atom is -0.478 e. The molecular formula is C13H6Cl2N2O3S. The predicted molar refractivity (Wildman–Crippen MR) is 80.0 cm³/mol. The zero-order chi connectivity index (χ0) is 15.0. The smallest absolute Gasteiger partial charge is 0.336 e. The molecule has 0 bridgehead atoms. The van der Waals surface area contributed by atoms with Crippen molar-refractivity contribution < 1.29 is 14.3 Å². The highest BCUT2D eigenvalue weighted by Crippen LogP contribution is 2.38. The van der Waals surface area contributed by atoms with E-state index in [2.05, 4.69) is 10.2 Å². The van der Waals surface area contributed by atoms with E-state index >= 15 is 0 Å². The minimum atomic E-state index is -1.07. The van der Waals surface area contributed by atoms with E-state index in [1.807, 2.05) is 0 Å². The quantitative estimate of drug-likeness (QED) is 0.761. The molecule has 3 rings (SSSR count). The number of halogens is 2. The standard InChI is InChI=1S/C13H6Cl2N2O3S/c14-9-5-8(10(15)21-9)12-17-16-11(20-12)6-3-1-2-4-7(6)13(18)19/h1-5H,(H,18,19). The maximum absolute atomic E-state index is 11.2. The second-order valence-corrected chi connectivity index (χ2v) is 6.29. The van der Waals surface area contributed by atoms with E-state index in [-0.39, 0.29) is 17.3 Å². The summed E-state index contributed by atoms with van der Waals surface area (Å²) >= 11 is 13.1. The van der Waals surface area contributed by atoms with E-state index in [0.29, 0.717) is 19.8 Å². The SMILES string of the molecule is O=C(O)c1ccccc1-c1nnc(-c2cc(Cl)sc2Cl)o1. The van der Waals surface area contributed by atoms with Crippen molar-refractivity contribution in [3.05, 3.63) is 44.6 Å². The summed E-state index contributed by atoms with van der Waals surface area (Å²) < 4.78 is 6.45. The summed E-state index contributed by atoms with van der Waals surface area (Å²) in [6, 6.07) is 8.01. The van der Waals surface area contributed by atoms with Crippen molar-refractivity contribution in [3.8, 4) is 22.9 Å². The molecule has 0 aliphatic carbocycles. The van der Waals surface area contributed by atoms with Gasteiger partial charge in [-0.3, -0.25) is 0 Å². The number of rotatable bonds is 3. The highest BCUT2D eigenvalue weighted by atomic mass is 35.5. The molecule has 0 saturated carbocycles. The fourth-order valence-electron chi connectivity index (χ4n) is 1.78. The van der Waals surface area contributed by atoms with Crippen LogP contribution in [0.3, 0.4) is 0 Å². The number of benzene rings is 1. The van der Waals surface area contributed by atoms with Crippen LogP contribution in [0.2, 0.25) is 8.67 Å². The number of aromatic carboxylic acids is 1. The molecule has 0 spiro atoms. The van der Waals surface area contributed by atoms with E-state index in [0.717, 1.165) is 0 Å². The first kappa shape index (κ1) is 14.1. The van der Waals surface area contributed by atoms with Gasteiger partial charge in [-0.2, -0.15) is 0 Å². The Morgan fingerprint density at radius 2 is 1.81 bits per heavy atom. The van der Waals surface area contributed by atoms with Gasteiger partial charge in [0.2, 0.25) is 5.89 Å². The van der Waals surface area contributed by atoms with E-state index in [4.69, 9.17) is 27.6 Å². The molecule has 0 unspecified atom stereocenters. The Morgan fingerprint density at radius 1 is 1.14 bits per heavy atom. The molecule has 3 aromatic rings. The largest absolute Gasteiger partial charge is 0.478 e. The lowest BCUT2D eigenvalue weighted by atomic mass is 10.1. The molecule has 106 valence electrons. The Kier molecular flexibility index (Phi) is 3.67. The summed E-state index contributed by atoms with van der Waals surface area (Å²) in [6.07, 6.45) is 0. The third-order valence-electron chi connectivity index (χ3n) is 2.70. The van der Waals surface area contributed by atoms with Crippen molar-refractivity contribution in [2.24, 2.45) is 0 Å². The molecule has 0 saturated heterocycles. The van der Waals surface area contributed by atoms with Crippen LogP contribution in [-0.2, 0) is 0 Å². The molecule has 1 N–H and O–H groups in total. The van der Waals surface area contributed by atoms with Gasteiger partial charge in [-0.25, -0.2) is 4.79 Å². The van der Waals surface area contributed by atoms with Gasteiger partial charge in [0.1, 0.15) is 4.34 Å². The average Bonchev–Trinajstić information content (AvgIpc) is 3.05. The molecular weight excluding hydrogens is 335 g/mol. The monoisotopic (exact) mass is 340 g/mol. The number of hydrogen-bond acceptors (Lipinski definition) is 5. The number of thiophene rings is 1. The van der Waals surface area contributed by atoms with Crippen molar-refractivity contribution in [3.63, 3.8) is 0 Å². The van der Waals surface area contributed by atoms with E-state index < -0.39 is 5.97 Å². The fraction of sp³-hybridized carbons (Fsp3) is 0. The van der Waals surface area contributed by atoms with Gasteiger partial charge in [-0.1, -0.05) is 35.3 Å². The lowest BCUT2D eigenvalue weighted by Crippen LogP contribution is -1.98.